The third kappa shape index (κ3) is 3.51. The number of nitrogens with two attached hydrogens (primary N) is 1. The van der Waals surface area contributed by atoms with Crippen LogP contribution in [-0.2, 0) is 0 Å². The van der Waals surface area contributed by atoms with Crippen LogP contribution in [0.4, 0.5) is 11.4 Å². The second kappa shape index (κ2) is 5.84. The molecule has 0 saturated carbocycles. The first-order chi connectivity index (χ1) is 9.86. The molecule has 6 nitrogen and oxygen atoms in total. The molecule has 0 aromatic heterocycles. The maximum Gasteiger partial charge on any atom is 0.335 e. The van der Waals surface area contributed by atoms with Crippen molar-refractivity contribution in [1.29, 1.82) is 0 Å². The lowest BCUT2D eigenvalue weighted by molar-refractivity contribution is 0.0696. The van der Waals surface area contributed by atoms with Crippen LogP contribution in [0.3, 0.4) is 0 Å². The van der Waals surface area contributed by atoms with Gasteiger partial charge < -0.3 is 21.3 Å². The first-order valence-corrected chi connectivity index (χ1v) is 6.60. The number of carboxylic acid groups (broad SMARTS) is 1. The van der Waals surface area contributed by atoms with Crippen molar-refractivity contribution in [3.63, 3.8) is 0 Å². The van der Waals surface area contributed by atoms with Gasteiger partial charge in [0, 0.05) is 15.7 Å². The maximum absolute atomic E-state index is 12.1. The third-order valence-electron chi connectivity index (χ3n) is 2.67. The molecule has 0 aliphatic heterocycles. The highest BCUT2D eigenvalue weighted by atomic mass is 79.9. The molecule has 21 heavy (non-hydrogen) atoms. The van der Waals surface area contributed by atoms with Crippen LogP contribution < -0.4 is 11.1 Å². The Morgan fingerprint density at radius 2 is 1.81 bits per heavy atom. The zero-order chi connectivity index (χ0) is 15.6. The van der Waals surface area contributed by atoms with Gasteiger partial charge in [0.15, 0.2) is 0 Å². The number of halogens is 1. The van der Waals surface area contributed by atoms with Crippen molar-refractivity contribution in [2.45, 2.75) is 0 Å². The van der Waals surface area contributed by atoms with Crippen LogP contribution in [0.15, 0.2) is 40.9 Å². The lowest BCUT2D eigenvalue weighted by Gasteiger charge is -2.09. The number of nitrogens with one attached hydrogen (secondary N) is 1. The standard InChI is InChI=1S/C14H11BrN2O4/c15-9-3-8(4-10(16)6-9)13(19)17-11-5-7(14(20)21)1-2-12(11)18/h1-6,18H,16H2,(H,17,19)(H,20,21). The summed E-state index contributed by atoms with van der Waals surface area (Å²) in [7, 11) is 0. The Morgan fingerprint density at radius 3 is 2.43 bits per heavy atom. The van der Waals surface area contributed by atoms with E-state index in [9.17, 15) is 14.7 Å². The Kier molecular flexibility index (Phi) is 4.13. The Hall–Kier alpha value is -2.54. The molecule has 5 N–H and O–H groups in total. The average molecular weight is 351 g/mol. The van der Waals surface area contributed by atoms with Crippen molar-refractivity contribution >= 4 is 39.2 Å². The molecule has 0 heterocycles. The summed E-state index contributed by atoms with van der Waals surface area (Å²) in [6.45, 7) is 0. The molecule has 0 spiro atoms. The molecule has 0 aliphatic carbocycles. The van der Waals surface area contributed by atoms with E-state index in [0.29, 0.717) is 10.2 Å². The van der Waals surface area contributed by atoms with E-state index in [-0.39, 0.29) is 22.6 Å². The largest absolute Gasteiger partial charge is 0.506 e. The second-order valence-electron chi connectivity index (χ2n) is 4.26. The van der Waals surface area contributed by atoms with Crippen LogP contribution in [-0.4, -0.2) is 22.1 Å². The number of nitrogen functional groups attached to an aromatic ring is 1. The number of carboxylic acids is 1. The molecule has 2 rings (SSSR count). The number of amides is 1. The van der Waals surface area contributed by atoms with Crippen LogP contribution in [0, 0.1) is 0 Å². The molecule has 0 bridgehead atoms. The SMILES string of the molecule is Nc1cc(Br)cc(C(=O)Nc2cc(C(=O)O)ccc2O)c1. The molecule has 1 amide bonds. The highest BCUT2D eigenvalue weighted by molar-refractivity contribution is 9.10. The van der Waals surface area contributed by atoms with Gasteiger partial charge in [-0.05, 0) is 36.4 Å². The van der Waals surface area contributed by atoms with Gasteiger partial charge in [0.1, 0.15) is 5.75 Å². The molecule has 0 atom stereocenters. The molecule has 108 valence electrons. The fourth-order valence-electron chi connectivity index (χ4n) is 1.71. The first kappa shape index (κ1) is 14.9. The lowest BCUT2D eigenvalue weighted by Crippen LogP contribution is -2.13. The Bertz CT molecular complexity index is 711. The number of benzene rings is 2. The van der Waals surface area contributed by atoms with Gasteiger partial charge in [-0.3, -0.25) is 4.79 Å². The topological polar surface area (TPSA) is 113 Å². The van der Waals surface area contributed by atoms with E-state index in [1.165, 1.54) is 24.3 Å². The minimum Gasteiger partial charge on any atom is -0.506 e. The maximum atomic E-state index is 12.1. The summed E-state index contributed by atoms with van der Waals surface area (Å²) in [6.07, 6.45) is 0. The van der Waals surface area contributed by atoms with Crippen molar-refractivity contribution in [2.75, 3.05) is 11.1 Å². The average Bonchev–Trinajstić information content (AvgIpc) is 2.39. The minimum atomic E-state index is -1.16. The first-order valence-electron chi connectivity index (χ1n) is 5.80. The van der Waals surface area contributed by atoms with E-state index >= 15 is 0 Å². The van der Waals surface area contributed by atoms with E-state index in [1.54, 1.807) is 12.1 Å². The molecular formula is C14H11BrN2O4. The summed E-state index contributed by atoms with van der Waals surface area (Å²) in [5.41, 5.74) is 6.30. The number of aromatic hydroxyl groups is 1. The van der Waals surface area contributed by atoms with Gasteiger partial charge in [-0.1, -0.05) is 15.9 Å². The van der Waals surface area contributed by atoms with Crippen LogP contribution >= 0.6 is 15.9 Å². The quantitative estimate of drug-likeness (QED) is 0.502. The van der Waals surface area contributed by atoms with E-state index in [1.807, 2.05) is 0 Å². The summed E-state index contributed by atoms with van der Waals surface area (Å²) in [5.74, 6) is -1.89. The van der Waals surface area contributed by atoms with Gasteiger partial charge in [0.25, 0.3) is 5.91 Å². The summed E-state index contributed by atoms with van der Waals surface area (Å²) < 4.78 is 0.635. The number of anilines is 2. The summed E-state index contributed by atoms with van der Waals surface area (Å²) >= 11 is 3.22. The van der Waals surface area contributed by atoms with E-state index in [2.05, 4.69) is 21.2 Å². The van der Waals surface area contributed by atoms with Gasteiger partial charge >= 0.3 is 5.97 Å². The lowest BCUT2D eigenvalue weighted by atomic mass is 10.1. The van der Waals surface area contributed by atoms with E-state index in [4.69, 9.17) is 10.8 Å². The molecule has 0 saturated heterocycles. The number of aromatic carboxylic acids is 1. The van der Waals surface area contributed by atoms with Gasteiger partial charge in [-0.25, -0.2) is 4.79 Å². The predicted octanol–water partition coefficient (Wildman–Crippen LogP) is 2.69. The smallest absolute Gasteiger partial charge is 0.335 e. The van der Waals surface area contributed by atoms with E-state index < -0.39 is 11.9 Å². The van der Waals surface area contributed by atoms with Crippen LogP contribution in [0.5, 0.6) is 5.75 Å². The molecule has 0 aliphatic rings. The molecule has 7 heteroatoms. The zero-order valence-electron chi connectivity index (χ0n) is 10.6. The second-order valence-corrected chi connectivity index (χ2v) is 5.18. The number of carbonyl (C=O) groups excluding carboxylic acids is 1. The third-order valence-corrected chi connectivity index (χ3v) is 3.13. The highest BCUT2D eigenvalue weighted by Crippen LogP contribution is 2.25. The number of hydrogen-bond acceptors (Lipinski definition) is 4. The Labute approximate surface area is 128 Å². The van der Waals surface area contributed by atoms with E-state index in [0.717, 1.165) is 0 Å². The Balaban J connectivity index is 2.31. The summed E-state index contributed by atoms with van der Waals surface area (Å²) in [4.78, 5) is 23.0. The van der Waals surface area contributed by atoms with Crippen molar-refractivity contribution < 1.29 is 19.8 Å². The number of rotatable bonds is 3. The van der Waals surface area contributed by atoms with Crippen LogP contribution in [0.1, 0.15) is 20.7 Å². The zero-order valence-corrected chi connectivity index (χ0v) is 12.2. The summed E-state index contributed by atoms with van der Waals surface area (Å²) in [6, 6.07) is 8.29. The van der Waals surface area contributed by atoms with Gasteiger partial charge in [-0.2, -0.15) is 0 Å². The highest BCUT2D eigenvalue weighted by Gasteiger charge is 2.13. The Morgan fingerprint density at radius 1 is 1.10 bits per heavy atom. The fraction of sp³-hybridized carbons (Fsp3) is 0. The monoisotopic (exact) mass is 350 g/mol. The minimum absolute atomic E-state index is 0.0125. The normalized spacial score (nSPS) is 10.1. The number of phenols is 1. The van der Waals surface area contributed by atoms with Crippen molar-refractivity contribution in [3.05, 3.63) is 52.0 Å². The number of carbonyl (C=O) groups is 2. The van der Waals surface area contributed by atoms with Crippen molar-refractivity contribution in [2.24, 2.45) is 0 Å². The van der Waals surface area contributed by atoms with Crippen molar-refractivity contribution in [1.82, 2.24) is 0 Å². The van der Waals surface area contributed by atoms with Gasteiger partial charge in [0.2, 0.25) is 0 Å². The number of hydrogen-bond donors (Lipinski definition) is 4. The molecule has 0 radical (unpaired) electrons. The number of phenolic OH excluding ortho intramolecular Hbond substituents is 1. The van der Waals surface area contributed by atoms with Gasteiger partial charge in [0.05, 0.1) is 11.3 Å². The predicted molar refractivity (Wildman–Crippen MR) is 81.6 cm³/mol. The van der Waals surface area contributed by atoms with Crippen LogP contribution in [0.2, 0.25) is 0 Å². The van der Waals surface area contributed by atoms with Crippen molar-refractivity contribution in [3.8, 4) is 5.75 Å². The molecular weight excluding hydrogens is 340 g/mol. The fourth-order valence-corrected chi connectivity index (χ4v) is 2.22. The molecule has 0 fully saturated rings. The van der Waals surface area contributed by atoms with Crippen LogP contribution in [0.25, 0.3) is 0 Å². The van der Waals surface area contributed by atoms with Gasteiger partial charge in [-0.15, -0.1) is 0 Å². The summed E-state index contributed by atoms with van der Waals surface area (Å²) in [5, 5.41) is 21.0. The molecule has 2 aromatic carbocycles. The molecule has 0 unspecified atom stereocenters. The molecule has 2 aromatic rings.